The lowest BCUT2D eigenvalue weighted by Gasteiger charge is -2.06. The molecule has 0 aromatic heterocycles. The van der Waals surface area contributed by atoms with Gasteiger partial charge in [0.2, 0.25) is 0 Å². The van der Waals surface area contributed by atoms with Crippen LogP contribution < -0.4 is 4.74 Å². The van der Waals surface area contributed by atoms with E-state index in [1.54, 1.807) is 6.07 Å². The average molecular weight is 287 g/mol. The zero-order valence-corrected chi connectivity index (χ0v) is 9.54. The molecule has 0 fully saturated rings. The van der Waals surface area contributed by atoms with Gasteiger partial charge in [-0.25, -0.2) is 0 Å². The summed E-state index contributed by atoms with van der Waals surface area (Å²) in [5, 5.41) is 8.63. The van der Waals surface area contributed by atoms with Crippen LogP contribution in [0.2, 0.25) is 0 Å². The van der Waals surface area contributed by atoms with Gasteiger partial charge in [0.15, 0.2) is 0 Å². The normalized spacial score (nSPS) is 9.31. The second-order valence-electron chi connectivity index (χ2n) is 2.61. The van der Waals surface area contributed by atoms with Gasteiger partial charge in [-0.3, -0.25) is 0 Å². The molecule has 1 aromatic carbocycles. The van der Waals surface area contributed by atoms with Gasteiger partial charge in [-0.1, -0.05) is 6.92 Å². The van der Waals surface area contributed by atoms with Gasteiger partial charge < -0.3 is 4.74 Å². The standard InChI is InChI=1S/C10H10INO/c1-2-5-13-10-4-3-8(7-12)6-9(10)11/h3-4,6H,2,5H2,1H3. The first kappa shape index (κ1) is 10.3. The fourth-order valence-electron chi connectivity index (χ4n) is 0.899. The molecule has 0 aliphatic rings. The first-order chi connectivity index (χ1) is 6.27. The van der Waals surface area contributed by atoms with Gasteiger partial charge in [-0.2, -0.15) is 5.26 Å². The molecule has 13 heavy (non-hydrogen) atoms. The monoisotopic (exact) mass is 287 g/mol. The van der Waals surface area contributed by atoms with Crippen LogP contribution >= 0.6 is 22.6 Å². The molecule has 0 N–H and O–H groups in total. The minimum Gasteiger partial charge on any atom is -0.492 e. The van der Waals surface area contributed by atoms with Gasteiger partial charge in [0.05, 0.1) is 21.8 Å². The van der Waals surface area contributed by atoms with Crippen molar-refractivity contribution < 1.29 is 4.74 Å². The van der Waals surface area contributed by atoms with Crippen LogP contribution in [0, 0.1) is 14.9 Å². The number of hydrogen-bond donors (Lipinski definition) is 0. The van der Waals surface area contributed by atoms with E-state index in [0.717, 1.165) is 22.3 Å². The number of halogens is 1. The third-order valence-electron chi connectivity index (χ3n) is 1.52. The second kappa shape index (κ2) is 5.07. The Balaban J connectivity index is 2.81. The highest BCUT2D eigenvalue weighted by Gasteiger charge is 2.00. The summed E-state index contributed by atoms with van der Waals surface area (Å²) < 4.78 is 6.46. The van der Waals surface area contributed by atoms with E-state index < -0.39 is 0 Å². The van der Waals surface area contributed by atoms with Crippen molar-refractivity contribution in [1.82, 2.24) is 0 Å². The second-order valence-corrected chi connectivity index (χ2v) is 3.77. The fraction of sp³-hybridized carbons (Fsp3) is 0.300. The highest BCUT2D eigenvalue weighted by atomic mass is 127. The number of ether oxygens (including phenoxy) is 1. The van der Waals surface area contributed by atoms with Crippen molar-refractivity contribution in [2.75, 3.05) is 6.61 Å². The van der Waals surface area contributed by atoms with Crippen LogP contribution in [0.1, 0.15) is 18.9 Å². The van der Waals surface area contributed by atoms with Crippen molar-refractivity contribution in [2.45, 2.75) is 13.3 Å². The summed E-state index contributed by atoms with van der Waals surface area (Å²) >= 11 is 2.17. The quantitative estimate of drug-likeness (QED) is 0.801. The minimum atomic E-state index is 0.674. The minimum absolute atomic E-state index is 0.674. The molecule has 0 saturated carbocycles. The first-order valence-electron chi connectivity index (χ1n) is 4.10. The third-order valence-corrected chi connectivity index (χ3v) is 2.37. The molecule has 0 saturated heterocycles. The van der Waals surface area contributed by atoms with E-state index >= 15 is 0 Å². The Kier molecular flexibility index (Phi) is 4.03. The fourth-order valence-corrected chi connectivity index (χ4v) is 1.57. The van der Waals surface area contributed by atoms with E-state index in [9.17, 15) is 0 Å². The molecule has 0 aliphatic carbocycles. The van der Waals surface area contributed by atoms with Crippen LogP contribution in [0.5, 0.6) is 5.75 Å². The van der Waals surface area contributed by atoms with Crippen LogP contribution in [0.25, 0.3) is 0 Å². The van der Waals surface area contributed by atoms with Crippen molar-refractivity contribution in [3.63, 3.8) is 0 Å². The molecular weight excluding hydrogens is 277 g/mol. The Morgan fingerprint density at radius 2 is 2.31 bits per heavy atom. The molecule has 0 heterocycles. The predicted molar refractivity (Wildman–Crippen MR) is 59.7 cm³/mol. The van der Waals surface area contributed by atoms with Crippen molar-refractivity contribution in [2.24, 2.45) is 0 Å². The molecule has 0 aliphatic heterocycles. The lowest BCUT2D eigenvalue weighted by molar-refractivity contribution is 0.315. The van der Waals surface area contributed by atoms with E-state index in [1.807, 2.05) is 12.1 Å². The highest BCUT2D eigenvalue weighted by molar-refractivity contribution is 14.1. The molecule has 1 rings (SSSR count). The lowest BCUT2D eigenvalue weighted by Crippen LogP contribution is -1.96. The Morgan fingerprint density at radius 3 is 2.85 bits per heavy atom. The van der Waals surface area contributed by atoms with Gasteiger partial charge in [0.1, 0.15) is 5.75 Å². The van der Waals surface area contributed by atoms with Gasteiger partial charge >= 0.3 is 0 Å². The number of hydrogen-bond acceptors (Lipinski definition) is 2. The number of benzene rings is 1. The first-order valence-corrected chi connectivity index (χ1v) is 5.18. The summed E-state index contributed by atoms with van der Waals surface area (Å²) in [6, 6.07) is 7.53. The summed E-state index contributed by atoms with van der Waals surface area (Å²) in [7, 11) is 0. The molecule has 0 unspecified atom stereocenters. The van der Waals surface area contributed by atoms with Crippen molar-refractivity contribution >= 4 is 22.6 Å². The predicted octanol–water partition coefficient (Wildman–Crippen LogP) is 2.95. The number of rotatable bonds is 3. The van der Waals surface area contributed by atoms with Crippen molar-refractivity contribution in [1.29, 1.82) is 5.26 Å². The van der Waals surface area contributed by atoms with Crippen molar-refractivity contribution in [3.8, 4) is 11.8 Å². The highest BCUT2D eigenvalue weighted by Crippen LogP contribution is 2.21. The van der Waals surface area contributed by atoms with Gasteiger partial charge in [0, 0.05) is 0 Å². The van der Waals surface area contributed by atoms with E-state index in [2.05, 4.69) is 35.6 Å². The van der Waals surface area contributed by atoms with E-state index in [0.29, 0.717) is 5.56 Å². The van der Waals surface area contributed by atoms with Crippen LogP contribution in [0.15, 0.2) is 18.2 Å². The molecule has 0 spiro atoms. The molecule has 68 valence electrons. The molecule has 1 aromatic rings. The molecular formula is C10H10INO. The molecule has 0 radical (unpaired) electrons. The Labute approximate surface area is 91.7 Å². The maximum atomic E-state index is 8.63. The maximum absolute atomic E-state index is 8.63. The summed E-state index contributed by atoms with van der Waals surface area (Å²) in [6.45, 7) is 2.79. The third kappa shape index (κ3) is 2.88. The van der Waals surface area contributed by atoms with Crippen molar-refractivity contribution in [3.05, 3.63) is 27.3 Å². The SMILES string of the molecule is CCCOc1ccc(C#N)cc1I. The summed E-state index contributed by atoms with van der Waals surface area (Å²) in [4.78, 5) is 0. The van der Waals surface area contributed by atoms with E-state index in [4.69, 9.17) is 10.00 Å². The molecule has 2 nitrogen and oxygen atoms in total. The van der Waals surface area contributed by atoms with Crippen LogP contribution in [-0.4, -0.2) is 6.61 Å². The molecule has 0 amide bonds. The Hall–Kier alpha value is -0.760. The Morgan fingerprint density at radius 1 is 1.54 bits per heavy atom. The topological polar surface area (TPSA) is 33.0 Å². The van der Waals surface area contributed by atoms with Gasteiger partial charge in [0.25, 0.3) is 0 Å². The number of nitrogens with zero attached hydrogens (tertiary/aromatic N) is 1. The summed E-state index contributed by atoms with van der Waals surface area (Å²) in [6.07, 6.45) is 0.996. The Bertz CT molecular complexity index is 330. The summed E-state index contributed by atoms with van der Waals surface area (Å²) in [5.74, 6) is 0.862. The van der Waals surface area contributed by atoms with E-state index in [-0.39, 0.29) is 0 Å². The van der Waals surface area contributed by atoms with Crippen LogP contribution in [0.3, 0.4) is 0 Å². The largest absolute Gasteiger partial charge is 0.492 e. The smallest absolute Gasteiger partial charge is 0.132 e. The summed E-state index contributed by atoms with van der Waals surface area (Å²) in [5.41, 5.74) is 0.674. The lowest BCUT2D eigenvalue weighted by atomic mass is 10.2. The van der Waals surface area contributed by atoms with Gasteiger partial charge in [-0.15, -0.1) is 0 Å². The zero-order valence-electron chi connectivity index (χ0n) is 7.38. The molecule has 0 bridgehead atoms. The molecule has 0 atom stereocenters. The van der Waals surface area contributed by atoms with Gasteiger partial charge in [-0.05, 0) is 47.2 Å². The van der Waals surface area contributed by atoms with Crippen LogP contribution in [0.4, 0.5) is 0 Å². The maximum Gasteiger partial charge on any atom is 0.132 e. The zero-order chi connectivity index (χ0) is 9.68. The van der Waals surface area contributed by atoms with E-state index in [1.165, 1.54) is 0 Å². The van der Waals surface area contributed by atoms with Crippen LogP contribution in [-0.2, 0) is 0 Å². The average Bonchev–Trinajstić information content (AvgIpc) is 2.16. The number of nitriles is 1. The molecule has 3 heteroatoms.